The molecule has 0 radical (unpaired) electrons. The molecule has 0 amide bonds. The molecule has 0 aliphatic carbocycles. The van der Waals surface area contributed by atoms with Gasteiger partial charge in [-0.3, -0.25) is 0 Å². The topological polar surface area (TPSA) is 53.9 Å². The zero-order chi connectivity index (χ0) is 11.5. The van der Waals surface area contributed by atoms with Gasteiger partial charge in [0.1, 0.15) is 10.7 Å². The van der Waals surface area contributed by atoms with Crippen molar-refractivity contribution in [1.82, 2.24) is 20.5 Å². The Balaban J connectivity index is 1.80. The van der Waals surface area contributed by atoms with Crippen molar-refractivity contribution in [3.05, 3.63) is 23.7 Å². The summed E-state index contributed by atoms with van der Waals surface area (Å²) in [5.74, 6) is 0.951. The average molecular weight is 247 g/mol. The van der Waals surface area contributed by atoms with Crippen LogP contribution in [0, 0.1) is 0 Å². The van der Waals surface area contributed by atoms with E-state index in [0.29, 0.717) is 0 Å². The van der Waals surface area contributed by atoms with Gasteiger partial charge >= 0.3 is 0 Å². The highest BCUT2D eigenvalue weighted by Crippen LogP contribution is 2.20. The molecule has 0 atom stereocenters. The van der Waals surface area contributed by atoms with Gasteiger partial charge in [-0.25, -0.2) is 4.98 Å². The van der Waals surface area contributed by atoms with Crippen molar-refractivity contribution in [3.63, 3.8) is 0 Å². The molecule has 1 aliphatic heterocycles. The quantitative estimate of drug-likeness (QED) is 0.858. The second kappa shape index (κ2) is 4.77. The Morgan fingerprint density at radius 3 is 2.71 bits per heavy atom. The normalized spacial score (nSPS) is 16.1. The van der Waals surface area contributed by atoms with E-state index in [-0.39, 0.29) is 0 Å². The lowest BCUT2D eigenvalue weighted by Gasteiger charge is -2.27. The van der Waals surface area contributed by atoms with Crippen LogP contribution in [-0.4, -0.2) is 41.4 Å². The highest BCUT2D eigenvalue weighted by molar-refractivity contribution is 7.13. The molecule has 1 saturated heterocycles. The number of thiazole rings is 1. The van der Waals surface area contributed by atoms with E-state index in [2.05, 4.69) is 25.4 Å². The van der Waals surface area contributed by atoms with E-state index in [4.69, 9.17) is 0 Å². The Hall–Kier alpha value is -1.53. The fourth-order valence-corrected chi connectivity index (χ4v) is 2.45. The van der Waals surface area contributed by atoms with Crippen LogP contribution in [0.5, 0.6) is 0 Å². The van der Waals surface area contributed by atoms with E-state index in [1.807, 2.05) is 17.5 Å². The van der Waals surface area contributed by atoms with Crippen LogP contribution >= 0.6 is 11.3 Å². The molecule has 1 fully saturated rings. The summed E-state index contributed by atoms with van der Waals surface area (Å²) in [5, 5.41) is 14.7. The molecule has 0 bridgehead atoms. The molecule has 0 spiro atoms. The number of nitrogens with zero attached hydrogens (tertiary/aromatic N) is 4. The van der Waals surface area contributed by atoms with Crippen molar-refractivity contribution in [2.24, 2.45) is 0 Å². The van der Waals surface area contributed by atoms with Crippen molar-refractivity contribution in [2.75, 3.05) is 31.1 Å². The van der Waals surface area contributed by atoms with Crippen LogP contribution in [-0.2, 0) is 0 Å². The van der Waals surface area contributed by atoms with Gasteiger partial charge in [-0.15, -0.1) is 21.5 Å². The Kier molecular flexibility index (Phi) is 2.98. The van der Waals surface area contributed by atoms with Gasteiger partial charge in [-0.2, -0.15) is 0 Å². The van der Waals surface area contributed by atoms with Gasteiger partial charge < -0.3 is 10.2 Å². The van der Waals surface area contributed by atoms with Crippen molar-refractivity contribution in [3.8, 4) is 10.7 Å². The first-order valence-corrected chi connectivity index (χ1v) is 6.51. The number of hydrogen-bond donors (Lipinski definition) is 1. The summed E-state index contributed by atoms with van der Waals surface area (Å²) in [6.07, 6.45) is 1.78. The van der Waals surface area contributed by atoms with E-state index in [1.165, 1.54) is 0 Å². The van der Waals surface area contributed by atoms with E-state index < -0.39 is 0 Å². The summed E-state index contributed by atoms with van der Waals surface area (Å²) in [6.45, 7) is 4.00. The van der Waals surface area contributed by atoms with Crippen molar-refractivity contribution < 1.29 is 0 Å². The summed E-state index contributed by atoms with van der Waals surface area (Å²) < 4.78 is 0. The van der Waals surface area contributed by atoms with Gasteiger partial charge in [-0.05, 0) is 12.1 Å². The maximum Gasteiger partial charge on any atom is 0.151 e. The number of rotatable bonds is 2. The molecule has 0 aromatic carbocycles. The van der Waals surface area contributed by atoms with Crippen LogP contribution in [0.15, 0.2) is 23.7 Å². The predicted octanol–water partition coefficient (Wildman–Crippen LogP) is 1.01. The van der Waals surface area contributed by atoms with Gasteiger partial charge in [0.05, 0.1) is 0 Å². The Morgan fingerprint density at radius 2 is 2.06 bits per heavy atom. The number of hydrogen-bond acceptors (Lipinski definition) is 6. The highest BCUT2D eigenvalue weighted by atomic mass is 32.1. The molecule has 6 heteroatoms. The monoisotopic (exact) mass is 247 g/mol. The first-order chi connectivity index (χ1) is 8.43. The van der Waals surface area contributed by atoms with Crippen LogP contribution in [0.3, 0.4) is 0 Å². The molecule has 1 N–H and O–H groups in total. The third-order valence-corrected chi connectivity index (χ3v) is 3.54. The van der Waals surface area contributed by atoms with Gasteiger partial charge in [0.2, 0.25) is 0 Å². The Morgan fingerprint density at radius 1 is 1.18 bits per heavy atom. The van der Waals surface area contributed by atoms with Crippen LogP contribution in [0.25, 0.3) is 10.7 Å². The van der Waals surface area contributed by atoms with Gasteiger partial charge in [0, 0.05) is 37.8 Å². The number of piperazine rings is 1. The Labute approximate surface area is 104 Å². The van der Waals surface area contributed by atoms with Crippen molar-refractivity contribution >= 4 is 17.2 Å². The van der Waals surface area contributed by atoms with Gasteiger partial charge in [0.15, 0.2) is 5.82 Å². The summed E-state index contributed by atoms with van der Waals surface area (Å²) in [5.41, 5.74) is 0.846. The van der Waals surface area contributed by atoms with Crippen LogP contribution < -0.4 is 10.2 Å². The molecular weight excluding hydrogens is 234 g/mol. The molecular formula is C11H13N5S. The molecule has 3 rings (SSSR count). The minimum absolute atomic E-state index is 0.846. The minimum Gasteiger partial charge on any atom is -0.353 e. The van der Waals surface area contributed by atoms with Crippen LogP contribution in [0.4, 0.5) is 5.82 Å². The lowest BCUT2D eigenvalue weighted by Crippen LogP contribution is -2.43. The zero-order valence-electron chi connectivity index (χ0n) is 9.33. The molecule has 0 saturated carbocycles. The lowest BCUT2D eigenvalue weighted by atomic mass is 10.3. The van der Waals surface area contributed by atoms with E-state index >= 15 is 0 Å². The standard InChI is InChI=1S/C11H13N5S/c1-2-10(16-6-3-12-4-7-16)15-14-9(1)11-13-5-8-17-11/h1-2,5,8,12H,3-4,6-7H2. The highest BCUT2D eigenvalue weighted by Gasteiger charge is 2.12. The maximum absolute atomic E-state index is 4.27. The lowest BCUT2D eigenvalue weighted by molar-refractivity contribution is 0.583. The number of anilines is 1. The number of aromatic nitrogens is 3. The fraction of sp³-hybridized carbons (Fsp3) is 0.364. The summed E-state index contributed by atoms with van der Waals surface area (Å²) in [7, 11) is 0. The summed E-state index contributed by atoms with van der Waals surface area (Å²) in [6, 6.07) is 4.01. The zero-order valence-corrected chi connectivity index (χ0v) is 10.2. The predicted molar refractivity (Wildman–Crippen MR) is 68.2 cm³/mol. The SMILES string of the molecule is c1csc(-c2ccc(N3CCNCC3)nn2)n1. The minimum atomic E-state index is 0.846. The third-order valence-electron chi connectivity index (χ3n) is 2.74. The molecule has 0 unspecified atom stereocenters. The molecule has 5 nitrogen and oxygen atoms in total. The first-order valence-electron chi connectivity index (χ1n) is 5.63. The maximum atomic E-state index is 4.27. The van der Waals surface area contributed by atoms with Crippen LogP contribution in [0.2, 0.25) is 0 Å². The molecule has 2 aromatic rings. The van der Waals surface area contributed by atoms with Crippen molar-refractivity contribution in [2.45, 2.75) is 0 Å². The molecule has 3 heterocycles. The fourth-order valence-electron chi connectivity index (χ4n) is 1.85. The third kappa shape index (κ3) is 2.27. The first kappa shape index (κ1) is 10.6. The summed E-state index contributed by atoms with van der Waals surface area (Å²) >= 11 is 1.58. The van der Waals surface area contributed by atoms with Gasteiger partial charge in [-0.1, -0.05) is 0 Å². The smallest absolute Gasteiger partial charge is 0.151 e. The molecule has 1 aliphatic rings. The van der Waals surface area contributed by atoms with E-state index in [0.717, 1.165) is 42.7 Å². The largest absolute Gasteiger partial charge is 0.353 e. The summed E-state index contributed by atoms with van der Waals surface area (Å²) in [4.78, 5) is 6.47. The van der Waals surface area contributed by atoms with Gasteiger partial charge in [0.25, 0.3) is 0 Å². The van der Waals surface area contributed by atoms with E-state index in [9.17, 15) is 0 Å². The van der Waals surface area contributed by atoms with E-state index in [1.54, 1.807) is 17.5 Å². The number of nitrogens with one attached hydrogen (secondary N) is 1. The average Bonchev–Trinajstić information content (AvgIpc) is 2.94. The molecule has 2 aromatic heterocycles. The second-order valence-corrected chi connectivity index (χ2v) is 4.75. The van der Waals surface area contributed by atoms with Crippen molar-refractivity contribution in [1.29, 1.82) is 0 Å². The molecule has 17 heavy (non-hydrogen) atoms. The second-order valence-electron chi connectivity index (χ2n) is 3.85. The molecule has 88 valence electrons. The Bertz CT molecular complexity index is 461. The van der Waals surface area contributed by atoms with Crippen LogP contribution in [0.1, 0.15) is 0 Å².